The lowest BCUT2D eigenvalue weighted by atomic mass is 10.0. The van der Waals surface area contributed by atoms with Crippen molar-refractivity contribution in [2.45, 2.75) is 79.1 Å². The average Bonchev–Trinajstić information content (AvgIpc) is 2.60. The molecule has 0 rings (SSSR count). The molecule has 158 valence electrons. The van der Waals surface area contributed by atoms with Crippen LogP contribution in [0.25, 0.3) is 0 Å². The molecule has 0 spiro atoms. The Morgan fingerprint density at radius 2 is 1.00 bits per heavy atom. The van der Waals surface area contributed by atoms with E-state index in [2.05, 4.69) is 17.0 Å². The molecular weight excluding hydrogens is 384 g/mol. The summed E-state index contributed by atoms with van der Waals surface area (Å²) >= 11 is 0. The maximum absolute atomic E-state index is 11.6. The molecule has 0 aliphatic rings. The first-order chi connectivity index (χ1) is 12.2. The molecule has 0 fully saturated rings. The van der Waals surface area contributed by atoms with E-state index >= 15 is 0 Å². The van der Waals surface area contributed by atoms with Crippen molar-refractivity contribution in [2.24, 2.45) is 11.8 Å². The fourth-order valence-electron chi connectivity index (χ4n) is 2.26. The third-order valence-electron chi connectivity index (χ3n) is 4.18. The Morgan fingerprint density at radius 3 is 1.27 bits per heavy atom. The summed E-state index contributed by atoms with van der Waals surface area (Å²) in [6.07, 6.45) is 7.03. The van der Waals surface area contributed by atoms with Crippen molar-refractivity contribution < 1.29 is 33.9 Å². The van der Waals surface area contributed by atoms with Gasteiger partial charge in [0.15, 0.2) is 0 Å². The molecule has 26 heavy (non-hydrogen) atoms. The summed E-state index contributed by atoms with van der Waals surface area (Å²) in [6, 6.07) is 0. The van der Waals surface area contributed by atoms with Gasteiger partial charge in [-0.1, -0.05) is 74.9 Å². The predicted octanol–water partition coefficient (Wildman–Crippen LogP) is 3.89. The molecule has 0 saturated carbocycles. The molecule has 0 bridgehead atoms. The van der Waals surface area contributed by atoms with Gasteiger partial charge >= 0.3 is 20.8 Å². The summed E-state index contributed by atoms with van der Waals surface area (Å²) in [5, 5.41) is 0. The first-order valence-corrected chi connectivity index (χ1v) is 12.0. The highest BCUT2D eigenvalue weighted by molar-refractivity contribution is 7.84. The predicted molar refractivity (Wildman–Crippen MR) is 98.5 cm³/mol. The third kappa shape index (κ3) is 13.0. The van der Waals surface area contributed by atoms with Crippen LogP contribution in [0.5, 0.6) is 0 Å². The van der Waals surface area contributed by atoms with Gasteiger partial charge in [0, 0.05) is 0 Å². The van der Waals surface area contributed by atoms with Gasteiger partial charge in [0.1, 0.15) is 0 Å². The van der Waals surface area contributed by atoms with E-state index in [1.165, 1.54) is 0 Å². The second-order valence-corrected chi connectivity index (χ2v) is 8.73. The van der Waals surface area contributed by atoms with Crippen molar-refractivity contribution in [1.82, 2.24) is 0 Å². The van der Waals surface area contributed by atoms with Crippen LogP contribution >= 0.6 is 0 Å². The van der Waals surface area contributed by atoms with Gasteiger partial charge in [-0.2, -0.15) is 16.8 Å². The molecule has 0 radical (unpaired) electrons. The van der Waals surface area contributed by atoms with Crippen LogP contribution in [0.1, 0.15) is 79.1 Å². The lowest BCUT2D eigenvalue weighted by Crippen LogP contribution is -2.21. The van der Waals surface area contributed by atoms with Gasteiger partial charge in [0.2, 0.25) is 0 Å². The standard InChI is InChI=1S/C16H34O8S2/c1-5-9-11-15(7-3)13-21-25(17,18)23-24-26(19,20)22-14-16(8-4)12-10-6-2/h15-16H,5-14H2,1-4H3. The summed E-state index contributed by atoms with van der Waals surface area (Å²) < 4.78 is 63.8. The van der Waals surface area contributed by atoms with Crippen molar-refractivity contribution in [1.29, 1.82) is 0 Å². The van der Waals surface area contributed by atoms with Crippen LogP contribution in [-0.4, -0.2) is 30.0 Å². The van der Waals surface area contributed by atoms with Gasteiger partial charge in [0.05, 0.1) is 13.2 Å². The summed E-state index contributed by atoms with van der Waals surface area (Å²) in [5.41, 5.74) is 0. The Hall–Kier alpha value is -0.260. The Bertz CT molecular complexity index is 495. The molecule has 0 aromatic rings. The zero-order valence-corrected chi connectivity index (χ0v) is 17.9. The summed E-state index contributed by atoms with van der Waals surface area (Å²) in [7, 11) is -9.17. The van der Waals surface area contributed by atoms with E-state index in [1.807, 2.05) is 27.7 Å². The SMILES string of the molecule is CCCCC(CC)COS(=O)(=O)OOS(=O)(=O)OCC(CC)CCCC. The van der Waals surface area contributed by atoms with E-state index in [4.69, 9.17) is 0 Å². The fraction of sp³-hybridized carbons (Fsp3) is 1.00. The van der Waals surface area contributed by atoms with Crippen molar-refractivity contribution in [3.05, 3.63) is 0 Å². The van der Waals surface area contributed by atoms with Crippen LogP contribution in [0.3, 0.4) is 0 Å². The van der Waals surface area contributed by atoms with Gasteiger partial charge in [-0.15, -0.1) is 0 Å². The number of hydrogen-bond acceptors (Lipinski definition) is 8. The molecule has 10 heteroatoms. The number of unbranched alkanes of at least 4 members (excludes halogenated alkanes) is 2. The topological polar surface area (TPSA) is 105 Å². The fourth-order valence-corrected chi connectivity index (χ4v) is 3.60. The molecule has 0 amide bonds. The molecule has 8 nitrogen and oxygen atoms in total. The highest BCUT2D eigenvalue weighted by Crippen LogP contribution is 2.16. The van der Waals surface area contributed by atoms with Gasteiger partial charge < -0.3 is 0 Å². The van der Waals surface area contributed by atoms with E-state index in [0.717, 1.165) is 51.4 Å². The molecule has 2 unspecified atom stereocenters. The zero-order valence-electron chi connectivity index (χ0n) is 16.3. The highest BCUT2D eigenvalue weighted by Gasteiger charge is 2.24. The lowest BCUT2D eigenvalue weighted by Gasteiger charge is -2.14. The average molecular weight is 419 g/mol. The zero-order chi connectivity index (χ0) is 20.1. The van der Waals surface area contributed by atoms with E-state index < -0.39 is 20.8 Å². The normalized spacial score (nSPS) is 15.1. The van der Waals surface area contributed by atoms with Gasteiger partial charge in [-0.05, 0) is 24.7 Å². The summed E-state index contributed by atoms with van der Waals surface area (Å²) in [4.78, 5) is 0. The first-order valence-electron chi connectivity index (χ1n) is 9.36. The Balaban J connectivity index is 4.36. The second kappa shape index (κ2) is 13.8. The van der Waals surface area contributed by atoms with Crippen LogP contribution in [-0.2, 0) is 37.8 Å². The Labute approximate surface area is 159 Å². The van der Waals surface area contributed by atoms with E-state index in [9.17, 15) is 16.8 Å². The smallest absolute Gasteiger partial charge is 0.246 e. The van der Waals surface area contributed by atoms with E-state index in [-0.39, 0.29) is 25.0 Å². The third-order valence-corrected chi connectivity index (χ3v) is 5.58. The molecule has 0 saturated heterocycles. The molecule has 2 atom stereocenters. The van der Waals surface area contributed by atoms with Gasteiger partial charge in [-0.25, -0.2) is 8.37 Å². The molecule has 0 N–H and O–H groups in total. The van der Waals surface area contributed by atoms with E-state index in [0.29, 0.717) is 0 Å². The quantitative estimate of drug-likeness (QED) is 0.259. The van der Waals surface area contributed by atoms with E-state index in [1.54, 1.807) is 0 Å². The number of rotatable bonds is 17. The highest BCUT2D eigenvalue weighted by atomic mass is 32.3. The number of hydrogen-bond donors (Lipinski definition) is 0. The van der Waals surface area contributed by atoms with Gasteiger partial charge in [-0.3, -0.25) is 0 Å². The van der Waals surface area contributed by atoms with Crippen molar-refractivity contribution >= 4 is 20.8 Å². The Morgan fingerprint density at radius 1 is 0.654 bits per heavy atom. The molecule has 0 aromatic heterocycles. The van der Waals surface area contributed by atoms with Crippen molar-refractivity contribution in [3.63, 3.8) is 0 Å². The maximum atomic E-state index is 11.6. The molecule has 0 aromatic carbocycles. The Kier molecular flexibility index (Phi) is 13.7. The van der Waals surface area contributed by atoms with Crippen LogP contribution in [0.4, 0.5) is 0 Å². The van der Waals surface area contributed by atoms with Gasteiger partial charge in [0.25, 0.3) is 0 Å². The minimum absolute atomic E-state index is 0.0464. The molecular formula is C16H34O8S2. The van der Waals surface area contributed by atoms with Crippen molar-refractivity contribution in [3.8, 4) is 0 Å². The van der Waals surface area contributed by atoms with Crippen LogP contribution in [0.15, 0.2) is 0 Å². The van der Waals surface area contributed by atoms with Crippen LogP contribution in [0.2, 0.25) is 0 Å². The molecule has 0 aliphatic heterocycles. The summed E-state index contributed by atoms with van der Waals surface area (Å²) in [6.45, 7) is 7.76. The van der Waals surface area contributed by atoms with Crippen molar-refractivity contribution in [2.75, 3.05) is 13.2 Å². The maximum Gasteiger partial charge on any atom is 0.427 e. The monoisotopic (exact) mass is 418 g/mol. The molecule has 0 aliphatic carbocycles. The van der Waals surface area contributed by atoms with Crippen LogP contribution < -0.4 is 0 Å². The summed E-state index contributed by atoms with van der Waals surface area (Å²) in [5.74, 6) is 0.0927. The largest absolute Gasteiger partial charge is 0.427 e. The van der Waals surface area contributed by atoms with Crippen LogP contribution in [0, 0.1) is 11.8 Å². The molecule has 0 heterocycles. The second-order valence-electron chi connectivity index (χ2n) is 6.35. The minimum atomic E-state index is -4.58. The lowest BCUT2D eigenvalue weighted by molar-refractivity contribution is -0.113. The minimum Gasteiger partial charge on any atom is -0.246 e. The first kappa shape index (κ1) is 25.7.